The van der Waals surface area contributed by atoms with Gasteiger partial charge in [-0.1, -0.05) is 52.3 Å². The van der Waals surface area contributed by atoms with Crippen LogP contribution in [0.3, 0.4) is 0 Å². The second-order valence-electron chi connectivity index (χ2n) is 6.90. The molecule has 1 heterocycles. The van der Waals surface area contributed by atoms with Crippen LogP contribution in [0.5, 0.6) is 0 Å². The van der Waals surface area contributed by atoms with Gasteiger partial charge in [-0.15, -0.1) is 10.2 Å². The van der Waals surface area contributed by atoms with Gasteiger partial charge in [0.25, 0.3) is 5.91 Å². The van der Waals surface area contributed by atoms with Crippen molar-refractivity contribution in [1.82, 2.24) is 15.5 Å². The minimum absolute atomic E-state index is 0.111. The Labute approximate surface area is 183 Å². The van der Waals surface area contributed by atoms with Crippen molar-refractivity contribution in [3.05, 3.63) is 94.0 Å². The van der Waals surface area contributed by atoms with E-state index in [1.165, 1.54) is 0 Å². The average molecular weight is 462 g/mol. The van der Waals surface area contributed by atoms with Crippen LogP contribution in [0.25, 0.3) is 22.9 Å². The maximum atomic E-state index is 12.4. The number of carbonyl (C=O) groups is 1. The summed E-state index contributed by atoms with van der Waals surface area (Å²) in [6.07, 6.45) is 0.759. The van der Waals surface area contributed by atoms with E-state index in [0.717, 1.165) is 33.1 Å². The Bertz CT molecular complexity index is 1170. The van der Waals surface area contributed by atoms with E-state index < -0.39 is 0 Å². The third kappa shape index (κ3) is 4.49. The van der Waals surface area contributed by atoms with E-state index in [1.54, 1.807) is 12.1 Å². The first-order valence-electron chi connectivity index (χ1n) is 9.63. The minimum Gasteiger partial charge on any atom is -0.416 e. The van der Waals surface area contributed by atoms with Crippen molar-refractivity contribution < 1.29 is 9.21 Å². The van der Waals surface area contributed by atoms with Crippen molar-refractivity contribution in [3.8, 4) is 22.9 Å². The molecule has 0 unspecified atom stereocenters. The van der Waals surface area contributed by atoms with E-state index in [-0.39, 0.29) is 5.91 Å². The van der Waals surface area contributed by atoms with E-state index in [4.69, 9.17) is 4.42 Å². The van der Waals surface area contributed by atoms with Gasteiger partial charge in [0.15, 0.2) is 0 Å². The monoisotopic (exact) mass is 461 g/mol. The van der Waals surface area contributed by atoms with E-state index in [1.807, 2.05) is 67.6 Å². The molecule has 0 bridgehead atoms. The molecule has 4 rings (SSSR count). The lowest BCUT2D eigenvalue weighted by Crippen LogP contribution is -2.25. The maximum absolute atomic E-state index is 12.4. The molecule has 0 saturated carbocycles. The summed E-state index contributed by atoms with van der Waals surface area (Å²) in [5, 5.41) is 11.3. The van der Waals surface area contributed by atoms with Gasteiger partial charge < -0.3 is 9.73 Å². The number of benzene rings is 3. The first kappa shape index (κ1) is 20.0. The van der Waals surface area contributed by atoms with Gasteiger partial charge in [0, 0.05) is 27.7 Å². The number of amides is 1. The fourth-order valence-corrected chi connectivity index (χ4v) is 3.62. The average Bonchev–Trinajstić information content (AvgIpc) is 3.25. The molecule has 0 spiro atoms. The smallest absolute Gasteiger partial charge is 0.251 e. The summed E-state index contributed by atoms with van der Waals surface area (Å²) in [6.45, 7) is 2.57. The highest BCUT2D eigenvalue weighted by Crippen LogP contribution is 2.26. The van der Waals surface area contributed by atoms with Gasteiger partial charge in [0.05, 0.1) is 0 Å². The van der Waals surface area contributed by atoms with E-state index in [9.17, 15) is 4.79 Å². The van der Waals surface area contributed by atoms with Crippen LogP contribution in [0.2, 0.25) is 0 Å². The van der Waals surface area contributed by atoms with Crippen LogP contribution in [-0.4, -0.2) is 22.6 Å². The number of aromatic nitrogens is 2. The van der Waals surface area contributed by atoms with Gasteiger partial charge in [-0.3, -0.25) is 4.79 Å². The number of carbonyl (C=O) groups excluding carboxylic acids is 1. The number of hydrogen-bond acceptors (Lipinski definition) is 4. The van der Waals surface area contributed by atoms with Crippen LogP contribution in [-0.2, 0) is 6.42 Å². The molecule has 0 atom stereocenters. The van der Waals surface area contributed by atoms with Crippen molar-refractivity contribution in [2.75, 3.05) is 6.54 Å². The van der Waals surface area contributed by atoms with Crippen molar-refractivity contribution in [2.24, 2.45) is 0 Å². The van der Waals surface area contributed by atoms with Crippen molar-refractivity contribution >= 4 is 21.8 Å². The summed E-state index contributed by atoms with van der Waals surface area (Å²) < 4.78 is 6.88. The van der Waals surface area contributed by atoms with E-state index >= 15 is 0 Å². The molecule has 4 aromatic rings. The first-order valence-corrected chi connectivity index (χ1v) is 10.4. The molecule has 1 aromatic heterocycles. The quantitative estimate of drug-likeness (QED) is 0.414. The lowest BCUT2D eigenvalue weighted by molar-refractivity contribution is 0.0954. The van der Waals surface area contributed by atoms with Crippen LogP contribution < -0.4 is 5.32 Å². The normalized spacial score (nSPS) is 10.7. The van der Waals surface area contributed by atoms with Gasteiger partial charge in [0.2, 0.25) is 11.8 Å². The number of nitrogens with zero attached hydrogens (tertiary/aromatic N) is 2. The van der Waals surface area contributed by atoms with Gasteiger partial charge >= 0.3 is 0 Å². The molecule has 0 aliphatic carbocycles. The SMILES string of the molecule is Cc1ccccc1-c1nnc(-c2ccc(C(=O)NCCc3ccccc3Br)cc2)o1. The molecule has 0 aliphatic rings. The highest BCUT2D eigenvalue weighted by Gasteiger charge is 2.13. The van der Waals surface area contributed by atoms with Gasteiger partial charge in [-0.25, -0.2) is 0 Å². The van der Waals surface area contributed by atoms with Gasteiger partial charge in [-0.05, 0) is 60.9 Å². The van der Waals surface area contributed by atoms with Crippen LogP contribution in [0.15, 0.2) is 81.7 Å². The van der Waals surface area contributed by atoms with Crippen molar-refractivity contribution in [3.63, 3.8) is 0 Å². The Morgan fingerprint density at radius 1 is 0.933 bits per heavy atom. The molecule has 0 aliphatic heterocycles. The third-order valence-corrected chi connectivity index (χ3v) is 5.61. The van der Waals surface area contributed by atoms with Gasteiger partial charge in [-0.2, -0.15) is 0 Å². The lowest BCUT2D eigenvalue weighted by atomic mass is 10.1. The highest BCUT2D eigenvalue weighted by molar-refractivity contribution is 9.10. The molecule has 0 saturated heterocycles. The molecule has 0 radical (unpaired) electrons. The lowest BCUT2D eigenvalue weighted by Gasteiger charge is -2.07. The molecule has 0 fully saturated rings. The standard InChI is InChI=1S/C24H20BrN3O2/c1-16-6-2-4-8-20(16)24-28-27-23(30-24)19-12-10-18(11-13-19)22(29)26-15-14-17-7-3-5-9-21(17)25/h2-13H,14-15H2,1H3,(H,26,29). The summed E-state index contributed by atoms with van der Waals surface area (Å²) >= 11 is 3.53. The Morgan fingerprint density at radius 2 is 1.63 bits per heavy atom. The second-order valence-corrected chi connectivity index (χ2v) is 7.76. The van der Waals surface area contributed by atoms with E-state index in [2.05, 4.69) is 31.4 Å². The molecular formula is C24H20BrN3O2. The largest absolute Gasteiger partial charge is 0.416 e. The zero-order valence-corrected chi connectivity index (χ0v) is 18.0. The summed E-state index contributed by atoms with van der Waals surface area (Å²) in [6, 6.07) is 23.0. The van der Waals surface area contributed by atoms with Gasteiger partial charge in [0.1, 0.15) is 0 Å². The number of nitrogens with one attached hydrogen (secondary N) is 1. The van der Waals surface area contributed by atoms with E-state index in [0.29, 0.717) is 23.9 Å². The third-order valence-electron chi connectivity index (χ3n) is 4.83. The Kier molecular flexibility index (Phi) is 6.05. The molecule has 150 valence electrons. The highest BCUT2D eigenvalue weighted by atomic mass is 79.9. The fraction of sp³-hybridized carbons (Fsp3) is 0.125. The summed E-state index contributed by atoms with van der Waals surface area (Å²) in [4.78, 5) is 12.4. The molecular weight excluding hydrogens is 442 g/mol. The second kappa shape index (κ2) is 9.05. The number of rotatable bonds is 6. The Morgan fingerprint density at radius 3 is 2.40 bits per heavy atom. The van der Waals surface area contributed by atoms with Crippen LogP contribution in [0.4, 0.5) is 0 Å². The Balaban J connectivity index is 1.40. The summed E-state index contributed by atoms with van der Waals surface area (Å²) in [5.74, 6) is 0.797. The van der Waals surface area contributed by atoms with Crippen molar-refractivity contribution in [2.45, 2.75) is 13.3 Å². The first-order chi connectivity index (χ1) is 14.6. The zero-order valence-electron chi connectivity index (χ0n) is 16.4. The Hall–Kier alpha value is -3.25. The zero-order chi connectivity index (χ0) is 20.9. The summed E-state index contributed by atoms with van der Waals surface area (Å²) in [7, 11) is 0. The predicted molar refractivity (Wildman–Crippen MR) is 120 cm³/mol. The molecule has 1 amide bonds. The van der Waals surface area contributed by atoms with Crippen LogP contribution >= 0.6 is 15.9 Å². The number of aryl methyl sites for hydroxylation is 1. The molecule has 3 aromatic carbocycles. The molecule has 30 heavy (non-hydrogen) atoms. The summed E-state index contributed by atoms with van der Waals surface area (Å²) in [5.41, 5.74) is 4.50. The van der Waals surface area contributed by atoms with Crippen LogP contribution in [0.1, 0.15) is 21.5 Å². The minimum atomic E-state index is -0.111. The number of hydrogen-bond donors (Lipinski definition) is 1. The molecule has 1 N–H and O–H groups in total. The van der Waals surface area contributed by atoms with Crippen molar-refractivity contribution in [1.29, 1.82) is 0 Å². The van der Waals surface area contributed by atoms with Crippen LogP contribution in [0, 0.1) is 6.92 Å². The molecule has 6 heteroatoms. The molecule has 5 nitrogen and oxygen atoms in total. The maximum Gasteiger partial charge on any atom is 0.251 e. The predicted octanol–water partition coefficient (Wildman–Crippen LogP) is 5.45. The topological polar surface area (TPSA) is 68.0 Å². The fourth-order valence-electron chi connectivity index (χ4n) is 3.14. The number of halogens is 1.